The standard InChI is InChI=1S/C15H16N2O4S/c1-17(11-12-3-2-6-16-10-12)22(18,19)13-4-5-14-15(9-13)21-8-7-20-14/h2-6,9-10H,7-8,11H2,1H3. The van der Waals surface area contributed by atoms with Gasteiger partial charge in [0.05, 0.1) is 4.90 Å². The van der Waals surface area contributed by atoms with Crippen LogP contribution in [-0.4, -0.2) is 38.0 Å². The van der Waals surface area contributed by atoms with E-state index in [9.17, 15) is 8.42 Å². The molecule has 0 saturated carbocycles. The highest BCUT2D eigenvalue weighted by Crippen LogP contribution is 2.33. The fourth-order valence-electron chi connectivity index (χ4n) is 2.20. The van der Waals surface area contributed by atoms with E-state index in [1.54, 1.807) is 31.6 Å². The minimum absolute atomic E-state index is 0.183. The lowest BCUT2D eigenvalue weighted by atomic mass is 10.3. The summed E-state index contributed by atoms with van der Waals surface area (Å²) >= 11 is 0. The molecule has 1 aliphatic rings. The third-order valence-electron chi connectivity index (χ3n) is 3.35. The minimum atomic E-state index is -3.60. The molecule has 1 aromatic heterocycles. The van der Waals surface area contributed by atoms with E-state index in [-0.39, 0.29) is 11.4 Å². The van der Waals surface area contributed by atoms with Gasteiger partial charge in [-0.25, -0.2) is 8.42 Å². The van der Waals surface area contributed by atoms with Crippen LogP contribution in [0.15, 0.2) is 47.6 Å². The lowest BCUT2D eigenvalue weighted by Crippen LogP contribution is -2.26. The van der Waals surface area contributed by atoms with Gasteiger partial charge in [-0.05, 0) is 23.8 Å². The Labute approximate surface area is 129 Å². The number of nitrogens with zero attached hydrogens (tertiary/aromatic N) is 2. The summed E-state index contributed by atoms with van der Waals surface area (Å²) in [5, 5.41) is 0. The van der Waals surface area contributed by atoms with Crippen LogP contribution >= 0.6 is 0 Å². The molecule has 0 atom stereocenters. The molecule has 0 aliphatic carbocycles. The van der Waals surface area contributed by atoms with Crippen LogP contribution in [0.3, 0.4) is 0 Å². The van der Waals surface area contributed by atoms with Gasteiger partial charge in [0.2, 0.25) is 10.0 Å². The Kier molecular flexibility index (Phi) is 4.00. The summed E-state index contributed by atoms with van der Waals surface area (Å²) in [5.41, 5.74) is 0.825. The second kappa shape index (κ2) is 5.94. The fourth-order valence-corrected chi connectivity index (χ4v) is 3.37. The molecule has 0 radical (unpaired) electrons. The molecule has 116 valence electrons. The highest BCUT2D eigenvalue weighted by molar-refractivity contribution is 7.89. The van der Waals surface area contributed by atoms with Crippen LogP contribution in [0.4, 0.5) is 0 Å². The lowest BCUT2D eigenvalue weighted by Gasteiger charge is -2.21. The van der Waals surface area contributed by atoms with Crippen LogP contribution in [0.5, 0.6) is 11.5 Å². The zero-order valence-electron chi connectivity index (χ0n) is 12.1. The Morgan fingerprint density at radius 3 is 2.68 bits per heavy atom. The molecule has 0 unspecified atom stereocenters. The maximum atomic E-state index is 12.6. The van der Waals surface area contributed by atoms with Crippen LogP contribution in [0.1, 0.15) is 5.56 Å². The van der Waals surface area contributed by atoms with Gasteiger partial charge in [0, 0.05) is 32.1 Å². The van der Waals surface area contributed by atoms with Crippen molar-refractivity contribution in [3.05, 3.63) is 48.3 Å². The second-order valence-corrected chi connectivity index (χ2v) is 6.97. The maximum Gasteiger partial charge on any atom is 0.243 e. The Morgan fingerprint density at radius 2 is 1.95 bits per heavy atom. The summed E-state index contributed by atoms with van der Waals surface area (Å²) in [7, 11) is -2.06. The third-order valence-corrected chi connectivity index (χ3v) is 5.15. The van der Waals surface area contributed by atoms with E-state index in [1.165, 1.54) is 16.4 Å². The fraction of sp³-hybridized carbons (Fsp3) is 0.267. The van der Waals surface area contributed by atoms with E-state index in [0.717, 1.165) is 5.56 Å². The molecule has 3 rings (SSSR count). The van der Waals surface area contributed by atoms with Gasteiger partial charge in [-0.2, -0.15) is 4.31 Å². The number of hydrogen-bond acceptors (Lipinski definition) is 5. The SMILES string of the molecule is CN(Cc1cccnc1)S(=O)(=O)c1ccc2c(c1)OCCO2. The summed E-state index contributed by atoms with van der Waals surface area (Å²) in [5.74, 6) is 1.03. The maximum absolute atomic E-state index is 12.6. The average molecular weight is 320 g/mol. The molecule has 22 heavy (non-hydrogen) atoms. The molecule has 0 amide bonds. The molecule has 0 spiro atoms. The van der Waals surface area contributed by atoms with Crippen LogP contribution in [0.25, 0.3) is 0 Å². The second-order valence-electron chi connectivity index (χ2n) is 4.93. The predicted molar refractivity (Wildman–Crippen MR) is 80.3 cm³/mol. The van der Waals surface area contributed by atoms with Crippen molar-refractivity contribution in [3.8, 4) is 11.5 Å². The molecule has 0 bridgehead atoms. The first-order valence-electron chi connectivity index (χ1n) is 6.82. The molecule has 0 saturated heterocycles. The predicted octanol–water partition coefficient (Wildman–Crippen LogP) is 1.67. The van der Waals surface area contributed by atoms with Gasteiger partial charge < -0.3 is 9.47 Å². The highest BCUT2D eigenvalue weighted by atomic mass is 32.2. The van der Waals surface area contributed by atoms with Gasteiger partial charge in [-0.3, -0.25) is 4.98 Å². The summed E-state index contributed by atoms with van der Waals surface area (Å²) in [6, 6.07) is 8.27. The van der Waals surface area contributed by atoms with E-state index >= 15 is 0 Å². The number of benzene rings is 1. The molecule has 6 nitrogen and oxygen atoms in total. The van der Waals surface area contributed by atoms with Gasteiger partial charge in [0.1, 0.15) is 13.2 Å². The molecule has 7 heteroatoms. The zero-order chi connectivity index (χ0) is 15.6. The van der Waals surface area contributed by atoms with Crippen molar-refractivity contribution in [2.24, 2.45) is 0 Å². The first-order chi connectivity index (χ1) is 10.6. The highest BCUT2D eigenvalue weighted by Gasteiger charge is 2.23. The van der Waals surface area contributed by atoms with Gasteiger partial charge in [0.15, 0.2) is 11.5 Å². The molecule has 2 heterocycles. The largest absolute Gasteiger partial charge is 0.486 e. The van der Waals surface area contributed by atoms with Crippen molar-refractivity contribution in [1.82, 2.24) is 9.29 Å². The zero-order valence-corrected chi connectivity index (χ0v) is 12.9. The van der Waals surface area contributed by atoms with Crippen LogP contribution < -0.4 is 9.47 Å². The van der Waals surface area contributed by atoms with Crippen molar-refractivity contribution < 1.29 is 17.9 Å². The van der Waals surface area contributed by atoms with E-state index in [0.29, 0.717) is 24.7 Å². The summed E-state index contributed by atoms with van der Waals surface area (Å²) < 4.78 is 37.4. The van der Waals surface area contributed by atoms with Crippen molar-refractivity contribution in [2.45, 2.75) is 11.4 Å². The molecule has 1 aromatic carbocycles. The number of fused-ring (bicyclic) bond motifs is 1. The van der Waals surface area contributed by atoms with E-state index in [4.69, 9.17) is 9.47 Å². The van der Waals surface area contributed by atoms with Crippen molar-refractivity contribution in [1.29, 1.82) is 0 Å². The molecular formula is C15H16N2O4S. The number of rotatable bonds is 4. The summed E-state index contributed by atoms with van der Waals surface area (Å²) in [4.78, 5) is 4.18. The van der Waals surface area contributed by atoms with E-state index in [1.807, 2.05) is 6.07 Å². The first-order valence-corrected chi connectivity index (χ1v) is 8.26. The van der Waals surface area contributed by atoms with Gasteiger partial charge >= 0.3 is 0 Å². The van der Waals surface area contributed by atoms with Gasteiger partial charge in [0.25, 0.3) is 0 Å². The van der Waals surface area contributed by atoms with Crippen LogP contribution in [0, 0.1) is 0 Å². The summed E-state index contributed by atoms with van der Waals surface area (Å²) in [6.07, 6.45) is 3.30. The molecular weight excluding hydrogens is 304 g/mol. The lowest BCUT2D eigenvalue weighted by molar-refractivity contribution is 0.171. The number of aromatic nitrogens is 1. The molecule has 2 aromatic rings. The normalized spacial score (nSPS) is 14.1. The quantitative estimate of drug-likeness (QED) is 0.857. The van der Waals surface area contributed by atoms with Crippen LogP contribution in [0.2, 0.25) is 0 Å². The van der Waals surface area contributed by atoms with E-state index in [2.05, 4.69) is 4.98 Å². The number of sulfonamides is 1. The molecule has 0 fully saturated rings. The smallest absolute Gasteiger partial charge is 0.243 e. The van der Waals surface area contributed by atoms with Crippen LogP contribution in [-0.2, 0) is 16.6 Å². The molecule has 0 N–H and O–H groups in total. The van der Waals surface area contributed by atoms with Crippen molar-refractivity contribution in [3.63, 3.8) is 0 Å². The van der Waals surface area contributed by atoms with E-state index < -0.39 is 10.0 Å². The minimum Gasteiger partial charge on any atom is -0.486 e. The van der Waals surface area contributed by atoms with Gasteiger partial charge in [-0.1, -0.05) is 6.07 Å². The van der Waals surface area contributed by atoms with Gasteiger partial charge in [-0.15, -0.1) is 0 Å². The monoisotopic (exact) mass is 320 g/mol. The third kappa shape index (κ3) is 2.90. The Bertz CT molecular complexity index is 762. The van der Waals surface area contributed by atoms with Crippen molar-refractivity contribution >= 4 is 10.0 Å². The average Bonchev–Trinajstić information content (AvgIpc) is 2.55. The number of hydrogen-bond donors (Lipinski definition) is 0. The summed E-state index contributed by atoms with van der Waals surface area (Å²) in [6.45, 7) is 1.15. The molecule has 1 aliphatic heterocycles. The number of pyridine rings is 1. The number of ether oxygens (including phenoxy) is 2. The first kappa shape index (κ1) is 14.8. The topological polar surface area (TPSA) is 68.7 Å². The van der Waals surface area contributed by atoms with Crippen molar-refractivity contribution in [2.75, 3.05) is 20.3 Å². The Balaban J connectivity index is 1.86. The Hall–Kier alpha value is -2.12. The Morgan fingerprint density at radius 1 is 1.18 bits per heavy atom.